The van der Waals surface area contributed by atoms with Crippen LogP contribution >= 0.6 is 11.8 Å². The molecule has 2 aliphatic rings. The minimum atomic E-state index is 0.468. The van der Waals surface area contributed by atoms with Crippen LogP contribution in [0.25, 0.3) is 0 Å². The molecule has 1 aliphatic carbocycles. The highest BCUT2D eigenvalue weighted by molar-refractivity contribution is 8.00. The Kier molecular flexibility index (Phi) is 3.97. The fraction of sp³-hybridized carbons (Fsp3) is 1.00. The fourth-order valence-corrected chi connectivity index (χ4v) is 3.97. The Morgan fingerprint density at radius 1 is 1.27 bits per heavy atom. The molecule has 1 saturated carbocycles. The molecule has 0 unspecified atom stereocenters. The van der Waals surface area contributed by atoms with E-state index in [-0.39, 0.29) is 0 Å². The Morgan fingerprint density at radius 3 is 2.40 bits per heavy atom. The first-order chi connectivity index (χ1) is 7.24. The lowest BCUT2D eigenvalue weighted by Crippen LogP contribution is -2.45. The highest BCUT2D eigenvalue weighted by Crippen LogP contribution is 2.41. The maximum absolute atomic E-state index is 5.94. The first-order valence-corrected chi connectivity index (χ1v) is 7.50. The van der Waals surface area contributed by atoms with Gasteiger partial charge >= 0.3 is 0 Å². The van der Waals surface area contributed by atoms with Crippen LogP contribution in [0.5, 0.6) is 0 Å². The number of nitrogens with zero attached hydrogens (tertiary/aromatic N) is 1. The Morgan fingerprint density at radius 2 is 1.87 bits per heavy atom. The first-order valence-electron chi connectivity index (χ1n) is 6.27. The minimum absolute atomic E-state index is 0.468. The minimum Gasteiger partial charge on any atom is -0.328 e. The Balaban J connectivity index is 1.84. The van der Waals surface area contributed by atoms with Gasteiger partial charge in [-0.1, -0.05) is 12.8 Å². The average Bonchev–Trinajstić information content (AvgIpc) is 2.71. The molecule has 1 heterocycles. The molecule has 1 aliphatic heterocycles. The lowest BCUT2D eigenvalue weighted by molar-refractivity contribution is 0.194. The zero-order valence-electron chi connectivity index (χ0n) is 9.87. The van der Waals surface area contributed by atoms with Gasteiger partial charge in [-0.2, -0.15) is 11.8 Å². The van der Waals surface area contributed by atoms with Crippen molar-refractivity contribution in [2.24, 2.45) is 5.73 Å². The van der Waals surface area contributed by atoms with E-state index < -0.39 is 0 Å². The van der Waals surface area contributed by atoms with Crippen molar-refractivity contribution in [2.75, 3.05) is 25.9 Å². The van der Waals surface area contributed by atoms with Gasteiger partial charge in [0.1, 0.15) is 0 Å². The normalized spacial score (nSPS) is 28.4. The molecular formula is C12H24N2S. The van der Waals surface area contributed by atoms with Gasteiger partial charge in [0.15, 0.2) is 0 Å². The summed E-state index contributed by atoms with van der Waals surface area (Å²) in [6.45, 7) is 3.76. The van der Waals surface area contributed by atoms with Crippen molar-refractivity contribution in [3.8, 4) is 0 Å². The molecular weight excluding hydrogens is 204 g/mol. The number of piperidine rings is 1. The van der Waals surface area contributed by atoms with Gasteiger partial charge in [-0.15, -0.1) is 0 Å². The molecule has 0 aromatic heterocycles. The SMILES string of the molecule is CSC1(CN2CCC(N)CC2)CCCC1. The molecule has 0 spiro atoms. The highest BCUT2D eigenvalue weighted by atomic mass is 32.2. The summed E-state index contributed by atoms with van der Waals surface area (Å²) < 4.78 is 0.585. The van der Waals surface area contributed by atoms with E-state index >= 15 is 0 Å². The quantitative estimate of drug-likeness (QED) is 0.802. The standard InChI is InChI=1S/C12H24N2S/c1-15-12(6-2-3-7-12)10-14-8-4-11(13)5-9-14/h11H,2-10,13H2,1H3. The smallest absolute Gasteiger partial charge is 0.0284 e. The third kappa shape index (κ3) is 2.89. The van der Waals surface area contributed by atoms with Gasteiger partial charge in [-0.25, -0.2) is 0 Å². The maximum atomic E-state index is 5.94. The number of hydrogen-bond acceptors (Lipinski definition) is 3. The average molecular weight is 228 g/mol. The number of likely N-dealkylation sites (tertiary alicyclic amines) is 1. The number of rotatable bonds is 3. The second-order valence-electron chi connectivity index (χ2n) is 5.21. The molecule has 0 bridgehead atoms. The van der Waals surface area contributed by atoms with Crippen LogP contribution in [0.3, 0.4) is 0 Å². The summed E-state index contributed by atoms with van der Waals surface area (Å²) in [6.07, 6.45) is 10.4. The molecule has 15 heavy (non-hydrogen) atoms. The zero-order valence-corrected chi connectivity index (χ0v) is 10.7. The number of thioether (sulfide) groups is 1. The fourth-order valence-electron chi connectivity index (χ4n) is 2.96. The summed E-state index contributed by atoms with van der Waals surface area (Å²) in [5.74, 6) is 0. The predicted molar refractivity (Wildman–Crippen MR) is 68.4 cm³/mol. The Hall–Kier alpha value is 0.270. The molecule has 2 N–H and O–H groups in total. The van der Waals surface area contributed by atoms with Crippen molar-refractivity contribution in [1.82, 2.24) is 4.90 Å². The molecule has 1 saturated heterocycles. The lowest BCUT2D eigenvalue weighted by Gasteiger charge is -2.37. The molecule has 2 nitrogen and oxygen atoms in total. The van der Waals surface area contributed by atoms with E-state index in [1.165, 1.54) is 58.2 Å². The van der Waals surface area contributed by atoms with Crippen LogP contribution in [-0.2, 0) is 0 Å². The summed E-state index contributed by atoms with van der Waals surface area (Å²) in [4.78, 5) is 2.64. The van der Waals surface area contributed by atoms with Crippen LogP contribution in [0.15, 0.2) is 0 Å². The molecule has 88 valence electrons. The van der Waals surface area contributed by atoms with E-state index in [1.807, 2.05) is 0 Å². The first kappa shape index (κ1) is 11.7. The van der Waals surface area contributed by atoms with E-state index in [1.54, 1.807) is 0 Å². The second-order valence-corrected chi connectivity index (χ2v) is 6.48. The molecule has 0 radical (unpaired) electrons. The number of nitrogens with two attached hydrogens (primary N) is 1. The topological polar surface area (TPSA) is 29.3 Å². The summed E-state index contributed by atoms with van der Waals surface area (Å²) in [6, 6.07) is 0.468. The largest absolute Gasteiger partial charge is 0.328 e. The van der Waals surface area contributed by atoms with Crippen molar-refractivity contribution >= 4 is 11.8 Å². The van der Waals surface area contributed by atoms with Crippen LogP contribution in [-0.4, -0.2) is 41.6 Å². The predicted octanol–water partition coefficient (Wildman–Crippen LogP) is 2.09. The monoisotopic (exact) mass is 228 g/mol. The molecule has 3 heteroatoms. The van der Waals surface area contributed by atoms with Crippen LogP contribution < -0.4 is 5.73 Å². The van der Waals surface area contributed by atoms with Crippen molar-refractivity contribution in [3.63, 3.8) is 0 Å². The third-order valence-electron chi connectivity index (χ3n) is 4.09. The van der Waals surface area contributed by atoms with Gasteiger partial charge in [0, 0.05) is 17.3 Å². The molecule has 2 fully saturated rings. The van der Waals surface area contributed by atoms with Gasteiger partial charge in [-0.05, 0) is 45.0 Å². The molecule has 2 rings (SSSR count). The Bertz CT molecular complexity index is 194. The van der Waals surface area contributed by atoms with E-state index in [0.717, 1.165) is 0 Å². The van der Waals surface area contributed by atoms with Crippen molar-refractivity contribution in [3.05, 3.63) is 0 Å². The second kappa shape index (κ2) is 5.07. The number of hydrogen-bond donors (Lipinski definition) is 1. The van der Waals surface area contributed by atoms with Gasteiger partial charge in [0.05, 0.1) is 0 Å². The van der Waals surface area contributed by atoms with Crippen LogP contribution in [0.2, 0.25) is 0 Å². The van der Waals surface area contributed by atoms with E-state index in [0.29, 0.717) is 10.8 Å². The van der Waals surface area contributed by atoms with Crippen LogP contribution in [0, 0.1) is 0 Å². The zero-order chi connectivity index (χ0) is 10.7. The summed E-state index contributed by atoms with van der Waals surface area (Å²) >= 11 is 2.10. The summed E-state index contributed by atoms with van der Waals surface area (Å²) in [7, 11) is 0. The van der Waals surface area contributed by atoms with E-state index in [2.05, 4.69) is 22.9 Å². The van der Waals surface area contributed by atoms with Crippen molar-refractivity contribution in [2.45, 2.75) is 49.3 Å². The van der Waals surface area contributed by atoms with Gasteiger partial charge in [-0.3, -0.25) is 0 Å². The van der Waals surface area contributed by atoms with E-state index in [4.69, 9.17) is 5.73 Å². The third-order valence-corrected chi connectivity index (χ3v) is 5.50. The molecule has 0 aromatic carbocycles. The van der Waals surface area contributed by atoms with Crippen molar-refractivity contribution < 1.29 is 0 Å². The Labute approximate surface area is 98.0 Å². The van der Waals surface area contributed by atoms with Crippen LogP contribution in [0.4, 0.5) is 0 Å². The van der Waals surface area contributed by atoms with Gasteiger partial charge < -0.3 is 10.6 Å². The molecule has 0 atom stereocenters. The van der Waals surface area contributed by atoms with Crippen molar-refractivity contribution in [1.29, 1.82) is 0 Å². The van der Waals surface area contributed by atoms with Gasteiger partial charge in [0.2, 0.25) is 0 Å². The summed E-state index contributed by atoms with van der Waals surface area (Å²) in [5.41, 5.74) is 5.94. The highest BCUT2D eigenvalue weighted by Gasteiger charge is 2.35. The maximum Gasteiger partial charge on any atom is 0.0284 e. The van der Waals surface area contributed by atoms with Crippen LogP contribution in [0.1, 0.15) is 38.5 Å². The van der Waals surface area contributed by atoms with Gasteiger partial charge in [0.25, 0.3) is 0 Å². The summed E-state index contributed by atoms with van der Waals surface area (Å²) in [5, 5.41) is 0. The lowest BCUT2D eigenvalue weighted by atomic mass is 10.0. The van der Waals surface area contributed by atoms with E-state index in [9.17, 15) is 0 Å². The molecule has 0 aromatic rings. The molecule has 0 amide bonds.